The molecular weight excluding hydrogens is 488 g/mol. The Kier molecular flexibility index (Phi) is 8.99. The second kappa shape index (κ2) is 12.0. The molecule has 1 heterocycles. The van der Waals surface area contributed by atoms with E-state index in [9.17, 15) is 27.5 Å². The molecule has 0 atom stereocenters. The number of halogens is 4. The number of methoxy groups -OCH3 is 1. The highest BCUT2D eigenvalue weighted by Crippen LogP contribution is 2.40. The Morgan fingerprint density at radius 1 is 1.06 bits per heavy atom. The number of nitrogens with one attached hydrogen (secondary N) is 2. The fraction of sp³-hybridized carbons (Fsp3) is 0.375. The number of H-pyrrole nitrogens is 1. The molecule has 3 N–H and O–H groups in total. The molecule has 0 aliphatic heterocycles. The van der Waals surface area contributed by atoms with Crippen molar-refractivity contribution in [2.45, 2.75) is 26.1 Å². The quantitative estimate of drug-likeness (QED) is 0.175. The molecule has 0 bridgehead atoms. The van der Waals surface area contributed by atoms with Gasteiger partial charge >= 0.3 is 6.36 Å². The van der Waals surface area contributed by atoms with E-state index in [1.807, 2.05) is 0 Å². The normalized spacial score (nSPS) is 11.6. The number of unbranched alkanes of at least 4 members (excludes halogenated alkanes) is 1. The van der Waals surface area contributed by atoms with Crippen LogP contribution in [0.15, 0.2) is 35.1 Å². The lowest BCUT2D eigenvalue weighted by Crippen LogP contribution is -2.18. The predicted octanol–water partition coefficient (Wildman–Crippen LogP) is 5.15. The zero-order valence-electron chi connectivity index (χ0n) is 19.6. The van der Waals surface area contributed by atoms with Gasteiger partial charge in [-0.05, 0) is 43.5 Å². The maximum atomic E-state index is 14.5. The number of aromatic nitrogens is 1. The van der Waals surface area contributed by atoms with E-state index in [0.29, 0.717) is 38.2 Å². The van der Waals surface area contributed by atoms with Crippen LogP contribution in [0.4, 0.5) is 28.9 Å². The number of benzene rings is 2. The van der Waals surface area contributed by atoms with Crippen molar-refractivity contribution in [1.29, 1.82) is 0 Å². The Bertz CT molecular complexity index is 1220. The summed E-state index contributed by atoms with van der Waals surface area (Å²) >= 11 is 0. The van der Waals surface area contributed by atoms with Crippen molar-refractivity contribution in [3.63, 3.8) is 0 Å². The molecule has 0 unspecified atom stereocenters. The van der Waals surface area contributed by atoms with Gasteiger partial charge in [0.05, 0.1) is 36.7 Å². The number of alkyl halides is 3. The van der Waals surface area contributed by atoms with E-state index in [-0.39, 0.29) is 40.4 Å². The number of aromatic amines is 1. The molecule has 36 heavy (non-hydrogen) atoms. The summed E-state index contributed by atoms with van der Waals surface area (Å²) < 4.78 is 73.5. The van der Waals surface area contributed by atoms with E-state index in [1.54, 1.807) is 14.0 Å². The summed E-state index contributed by atoms with van der Waals surface area (Å²) in [7, 11) is 1.55. The van der Waals surface area contributed by atoms with Gasteiger partial charge in [-0.15, -0.1) is 13.2 Å². The minimum atomic E-state index is -5.00. The lowest BCUT2D eigenvalue weighted by Gasteiger charge is -2.18. The summed E-state index contributed by atoms with van der Waals surface area (Å²) in [4.78, 5) is 14.9. The number of phenolic OH excluding ortho intramolecular Hbond substituents is 1. The minimum Gasteiger partial charge on any atom is -0.508 e. The fourth-order valence-corrected chi connectivity index (χ4v) is 3.48. The van der Waals surface area contributed by atoms with Gasteiger partial charge < -0.3 is 34.4 Å². The van der Waals surface area contributed by atoms with Gasteiger partial charge in [-0.25, -0.2) is 4.39 Å². The van der Waals surface area contributed by atoms with E-state index < -0.39 is 23.5 Å². The first kappa shape index (κ1) is 27.1. The van der Waals surface area contributed by atoms with E-state index in [2.05, 4.69) is 15.0 Å². The van der Waals surface area contributed by atoms with E-state index in [0.717, 1.165) is 18.2 Å². The molecular formula is C24H26F4N2O6. The summed E-state index contributed by atoms with van der Waals surface area (Å²) in [6, 6.07) is 5.71. The van der Waals surface area contributed by atoms with Crippen molar-refractivity contribution in [2.24, 2.45) is 0 Å². The van der Waals surface area contributed by atoms with Crippen LogP contribution in [0.3, 0.4) is 0 Å². The monoisotopic (exact) mass is 514 g/mol. The average Bonchev–Trinajstić information content (AvgIpc) is 2.77. The fourth-order valence-electron chi connectivity index (χ4n) is 3.48. The number of phenols is 1. The van der Waals surface area contributed by atoms with Crippen LogP contribution in [0.5, 0.6) is 17.2 Å². The van der Waals surface area contributed by atoms with Crippen LogP contribution in [-0.4, -0.2) is 50.0 Å². The summed E-state index contributed by atoms with van der Waals surface area (Å²) in [6.07, 6.45) is -3.97. The number of hydrogen-bond donors (Lipinski definition) is 3. The zero-order chi connectivity index (χ0) is 26.3. The summed E-state index contributed by atoms with van der Waals surface area (Å²) in [5.41, 5.74) is -0.257. The standard InChI is InChI=1S/C24H26F4N2O6/c1-14-11-15(31)12-17(25)21(14)29-18-13-20(32)30-22-16(18)5-6-19(36-24(26,27)28)23(22)35-8-4-3-7-34-10-9-33-2/h5-6,11-13,31H,3-4,7-10H2,1-2H3,(H2,29,30,32). The van der Waals surface area contributed by atoms with E-state index in [4.69, 9.17) is 14.2 Å². The highest BCUT2D eigenvalue weighted by Gasteiger charge is 2.33. The molecule has 12 heteroatoms. The van der Waals surface area contributed by atoms with Crippen LogP contribution < -0.4 is 20.3 Å². The van der Waals surface area contributed by atoms with Gasteiger partial charge in [-0.2, -0.15) is 0 Å². The number of anilines is 2. The summed E-state index contributed by atoms with van der Waals surface area (Å²) in [5, 5.41) is 12.6. The van der Waals surface area contributed by atoms with Gasteiger partial charge in [-0.3, -0.25) is 4.79 Å². The van der Waals surface area contributed by atoms with Crippen LogP contribution in [-0.2, 0) is 9.47 Å². The zero-order valence-corrected chi connectivity index (χ0v) is 19.6. The second-order valence-corrected chi connectivity index (χ2v) is 7.82. The Balaban J connectivity index is 1.93. The van der Waals surface area contributed by atoms with Gasteiger partial charge in [-0.1, -0.05) is 0 Å². The summed E-state index contributed by atoms with van der Waals surface area (Å²) in [6.45, 7) is 2.84. The number of ether oxygens (including phenoxy) is 4. The van der Waals surface area contributed by atoms with Crippen molar-refractivity contribution in [3.8, 4) is 17.2 Å². The third kappa shape index (κ3) is 7.25. The third-order valence-corrected chi connectivity index (χ3v) is 5.05. The maximum absolute atomic E-state index is 14.5. The van der Waals surface area contributed by atoms with Gasteiger partial charge in [0.15, 0.2) is 17.3 Å². The number of rotatable bonds is 12. The van der Waals surface area contributed by atoms with Crippen molar-refractivity contribution in [2.75, 3.05) is 38.9 Å². The Labute approximate surface area is 203 Å². The third-order valence-electron chi connectivity index (χ3n) is 5.05. The molecule has 0 aliphatic rings. The highest BCUT2D eigenvalue weighted by molar-refractivity contribution is 5.97. The van der Waals surface area contributed by atoms with Crippen LogP contribution in [0, 0.1) is 12.7 Å². The molecule has 2 aromatic carbocycles. The molecule has 3 aromatic rings. The molecule has 0 fully saturated rings. The number of hydrogen-bond acceptors (Lipinski definition) is 7. The van der Waals surface area contributed by atoms with Crippen molar-refractivity contribution in [1.82, 2.24) is 4.98 Å². The van der Waals surface area contributed by atoms with E-state index in [1.165, 1.54) is 12.1 Å². The molecule has 0 saturated carbocycles. The van der Waals surface area contributed by atoms with Crippen molar-refractivity contribution in [3.05, 3.63) is 52.1 Å². The minimum absolute atomic E-state index is 0.00809. The first-order valence-corrected chi connectivity index (χ1v) is 11.0. The lowest BCUT2D eigenvalue weighted by molar-refractivity contribution is -0.275. The van der Waals surface area contributed by atoms with Crippen LogP contribution in [0.1, 0.15) is 18.4 Å². The van der Waals surface area contributed by atoms with Crippen LogP contribution >= 0.6 is 0 Å². The first-order valence-electron chi connectivity index (χ1n) is 11.0. The SMILES string of the molecule is COCCOCCCCOc1c(OC(F)(F)F)ccc2c(Nc3c(C)cc(O)cc3F)cc(=O)[nH]c12. The first-order chi connectivity index (χ1) is 17.1. The molecule has 0 aliphatic carbocycles. The van der Waals surface area contributed by atoms with Gasteiger partial charge in [0, 0.05) is 31.2 Å². The van der Waals surface area contributed by atoms with E-state index >= 15 is 0 Å². The second-order valence-electron chi connectivity index (χ2n) is 7.82. The lowest BCUT2D eigenvalue weighted by atomic mass is 10.1. The molecule has 0 amide bonds. The Morgan fingerprint density at radius 3 is 2.50 bits per heavy atom. The number of aryl methyl sites for hydroxylation is 1. The number of pyridine rings is 1. The molecule has 0 radical (unpaired) electrons. The average molecular weight is 514 g/mol. The van der Waals surface area contributed by atoms with Gasteiger partial charge in [0.25, 0.3) is 5.56 Å². The summed E-state index contributed by atoms with van der Waals surface area (Å²) in [5.74, 6) is -2.00. The Morgan fingerprint density at radius 2 is 1.81 bits per heavy atom. The van der Waals surface area contributed by atoms with Crippen molar-refractivity contribution < 1.29 is 41.6 Å². The molecule has 8 nitrogen and oxygen atoms in total. The van der Waals surface area contributed by atoms with Gasteiger partial charge in [0.1, 0.15) is 5.75 Å². The van der Waals surface area contributed by atoms with Crippen molar-refractivity contribution >= 4 is 22.3 Å². The number of fused-ring (bicyclic) bond motifs is 1. The van der Waals surface area contributed by atoms with Crippen LogP contribution in [0.25, 0.3) is 10.9 Å². The largest absolute Gasteiger partial charge is 0.573 e. The maximum Gasteiger partial charge on any atom is 0.573 e. The predicted molar refractivity (Wildman–Crippen MR) is 125 cm³/mol. The smallest absolute Gasteiger partial charge is 0.508 e. The van der Waals surface area contributed by atoms with Gasteiger partial charge in [0.2, 0.25) is 0 Å². The molecule has 0 saturated heterocycles. The topological polar surface area (TPSA) is 102 Å². The Hall–Kier alpha value is -3.51. The molecule has 3 rings (SSSR count). The molecule has 1 aromatic heterocycles. The number of aromatic hydroxyl groups is 1. The highest BCUT2D eigenvalue weighted by atomic mass is 19.4. The molecule has 0 spiro atoms. The van der Waals surface area contributed by atoms with Crippen LogP contribution in [0.2, 0.25) is 0 Å². The molecule has 196 valence electrons.